The summed E-state index contributed by atoms with van der Waals surface area (Å²) >= 11 is 0. The van der Waals surface area contributed by atoms with Crippen molar-refractivity contribution in [3.63, 3.8) is 0 Å². The molecule has 154 valence electrons. The van der Waals surface area contributed by atoms with E-state index in [-0.39, 0.29) is 30.5 Å². The van der Waals surface area contributed by atoms with Crippen molar-refractivity contribution in [1.82, 2.24) is 4.90 Å². The van der Waals surface area contributed by atoms with Gasteiger partial charge in [0.05, 0.1) is 11.6 Å². The van der Waals surface area contributed by atoms with Gasteiger partial charge in [-0.05, 0) is 30.5 Å². The van der Waals surface area contributed by atoms with Crippen LogP contribution in [0.5, 0.6) is 0 Å². The molecule has 1 heterocycles. The van der Waals surface area contributed by atoms with Crippen LogP contribution >= 0.6 is 0 Å². The molecule has 0 fully saturated rings. The topological polar surface area (TPSA) is 97.7 Å². The van der Waals surface area contributed by atoms with Gasteiger partial charge in [-0.3, -0.25) is 9.59 Å². The van der Waals surface area contributed by atoms with Gasteiger partial charge in [0.15, 0.2) is 11.5 Å². The first kappa shape index (κ1) is 21.0. The lowest BCUT2D eigenvalue weighted by atomic mass is 9.95. The summed E-state index contributed by atoms with van der Waals surface area (Å²) in [6.07, 6.45) is 2.47. The number of aliphatic hydroxyl groups excluding tert-OH is 1. The highest BCUT2D eigenvalue weighted by Gasteiger charge is 2.43. The second kappa shape index (κ2) is 9.17. The first-order valence-electron chi connectivity index (χ1n) is 9.36. The minimum absolute atomic E-state index is 0.0353. The van der Waals surface area contributed by atoms with E-state index < -0.39 is 35.3 Å². The van der Waals surface area contributed by atoms with Gasteiger partial charge >= 0.3 is 0 Å². The molecule has 0 aromatic heterocycles. The molecule has 3 rings (SSSR count). The number of carbonyl (C=O) groups excluding carboxylic acids is 3. The molecule has 0 saturated heterocycles. The van der Waals surface area contributed by atoms with Gasteiger partial charge in [-0.1, -0.05) is 54.6 Å². The fourth-order valence-corrected chi connectivity index (χ4v) is 3.38. The van der Waals surface area contributed by atoms with Crippen LogP contribution in [0, 0.1) is 5.82 Å². The van der Waals surface area contributed by atoms with E-state index in [0.29, 0.717) is 0 Å². The molecule has 1 aliphatic rings. The number of carboxylic acid groups (broad SMARTS) is 1. The third kappa shape index (κ3) is 4.46. The normalized spacial score (nSPS) is 16.5. The van der Waals surface area contributed by atoms with Crippen molar-refractivity contribution in [3.8, 4) is 0 Å². The highest BCUT2D eigenvalue weighted by atomic mass is 19.1. The number of ketones is 1. The maximum absolute atomic E-state index is 14.5. The third-order valence-corrected chi connectivity index (χ3v) is 4.78. The summed E-state index contributed by atoms with van der Waals surface area (Å²) in [5, 5.41) is 21.1. The maximum atomic E-state index is 14.5. The van der Waals surface area contributed by atoms with Gasteiger partial charge in [-0.15, -0.1) is 0 Å². The molecule has 2 aromatic carbocycles. The molecule has 0 bridgehead atoms. The lowest BCUT2D eigenvalue weighted by Gasteiger charge is -2.27. The lowest BCUT2D eigenvalue weighted by molar-refractivity contribution is -0.305. The average molecular weight is 408 g/mol. The number of carbonyl (C=O) groups is 3. The van der Waals surface area contributed by atoms with E-state index in [1.165, 1.54) is 30.4 Å². The molecule has 0 spiro atoms. The Morgan fingerprint density at radius 2 is 1.77 bits per heavy atom. The number of aliphatic carboxylic acids is 1. The molecule has 0 saturated carbocycles. The molecule has 0 unspecified atom stereocenters. The van der Waals surface area contributed by atoms with Crippen LogP contribution in [0.2, 0.25) is 0 Å². The largest absolute Gasteiger partial charge is 0.550 e. The van der Waals surface area contributed by atoms with E-state index in [9.17, 15) is 29.0 Å². The Labute approximate surface area is 172 Å². The fourth-order valence-electron chi connectivity index (χ4n) is 3.38. The van der Waals surface area contributed by atoms with Crippen LogP contribution in [-0.2, 0) is 14.4 Å². The van der Waals surface area contributed by atoms with Crippen LogP contribution < -0.4 is 5.11 Å². The van der Waals surface area contributed by atoms with E-state index in [1.54, 1.807) is 30.3 Å². The molecule has 6 nitrogen and oxygen atoms in total. The molecular weight excluding hydrogens is 389 g/mol. The van der Waals surface area contributed by atoms with Crippen molar-refractivity contribution in [2.45, 2.75) is 18.9 Å². The van der Waals surface area contributed by atoms with Gasteiger partial charge in [-0.2, -0.15) is 0 Å². The van der Waals surface area contributed by atoms with Crippen LogP contribution in [0.3, 0.4) is 0 Å². The zero-order valence-corrected chi connectivity index (χ0v) is 16.0. The number of benzene rings is 2. The number of halogens is 1. The predicted octanol–water partition coefficient (Wildman–Crippen LogP) is 2.33. The number of rotatable bonds is 8. The summed E-state index contributed by atoms with van der Waals surface area (Å²) in [7, 11) is 0. The van der Waals surface area contributed by atoms with Gasteiger partial charge in [0.2, 0.25) is 0 Å². The molecule has 1 N–H and O–H groups in total. The number of nitrogens with zero attached hydrogens (tertiary/aromatic N) is 1. The number of amides is 1. The molecule has 1 atom stereocenters. The van der Waals surface area contributed by atoms with Gasteiger partial charge in [0.25, 0.3) is 5.91 Å². The standard InChI is InChI=1S/C23H20FNO5/c24-17-10-5-4-9-16(17)21-20(18(26)13-12-15-7-2-1-3-8-15)22(29)23(30)25(21)14-6-11-19(27)28/h1-5,7-10,12-13,21,29H,6,11,14H2,(H,27,28)/p-1/b13-12+/t21-/m1/s1. The average Bonchev–Trinajstić information content (AvgIpc) is 2.98. The zero-order chi connectivity index (χ0) is 21.7. The van der Waals surface area contributed by atoms with Crippen molar-refractivity contribution in [2.24, 2.45) is 0 Å². The molecule has 30 heavy (non-hydrogen) atoms. The summed E-state index contributed by atoms with van der Waals surface area (Å²) in [6, 6.07) is 13.4. The smallest absolute Gasteiger partial charge is 0.290 e. The second-order valence-electron chi connectivity index (χ2n) is 6.77. The van der Waals surface area contributed by atoms with Crippen molar-refractivity contribution in [3.05, 3.63) is 88.9 Å². The Morgan fingerprint density at radius 1 is 1.10 bits per heavy atom. The van der Waals surface area contributed by atoms with Gasteiger partial charge in [-0.25, -0.2) is 4.39 Å². The summed E-state index contributed by atoms with van der Waals surface area (Å²) in [5.74, 6) is -4.19. The first-order chi connectivity index (χ1) is 14.4. The highest BCUT2D eigenvalue weighted by Crippen LogP contribution is 2.39. The summed E-state index contributed by atoms with van der Waals surface area (Å²) in [6.45, 7) is -0.0882. The van der Waals surface area contributed by atoms with Crippen LogP contribution in [-0.4, -0.2) is 34.2 Å². The Balaban J connectivity index is 1.96. The van der Waals surface area contributed by atoms with Crippen LogP contribution in [0.1, 0.15) is 30.0 Å². The zero-order valence-electron chi connectivity index (χ0n) is 16.0. The van der Waals surface area contributed by atoms with Gasteiger partial charge in [0.1, 0.15) is 5.82 Å². The van der Waals surface area contributed by atoms with E-state index in [0.717, 1.165) is 10.5 Å². The minimum Gasteiger partial charge on any atom is -0.550 e. The van der Waals surface area contributed by atoms with Crippen molar-refractivity contribution < 1.29 is 29.0 Å². The Kier molecular flexibility index (Phi) is 6.41. The quantitative estimate of drug-likeness (QED) is 0.676. The highest BCUT2D eigenvalue weighted by molar-refractivity contribution is 6.14. The lowest BCUT2D eigenvalue weighted by Crippen LogP contribution is -2.33. The number of carboxylic acids is 1. The molecule has 0 aliphatic carbocycles. The van der Waals surface area contributed by atoms with Crippen molar-refractivity contribution in [1.29, 1.82) is 0 Å². The number of allylic oxidation sites excluding steroid dienone is 1. The Bertz CT molecular complexity index is 1030. The molecule has 7 heteroatoms. The molecule has 1 aliphatic heterocycles. The van der Waals surface area contributed by atoms with E-state index in [1.807, 2.05) is 6.07 Å². The molecule has 1 amide bonds. The van der Waals surface area contributed by atoms with E-state index in [4.69, 9.17) is 0 Å². The molecule has 0 radical (unpaired) electrons. The Hall–Kier alpha value is -3.74. The fraction of sp³-hybridized carbons (Fsp3) is 0.174. The summed E-state index contributed by atoms with van der Waals surface area (Å²) < 4.78 is 14.5. The van der Waals surface area contributed by atoms with Crippen molar-refractivity contribution >= 4 is 23.7 Å². The first-order valence-corrected chi connectivity index (χ1v) is 9.36. The SMILES string of the molecule is O=C([O-])CCCN1C(=O)C(O)=C(C(=O)/C=C/c2ccccc2)[C@H]1c1ccccc1F. The van der Waals surface area contributed by atoms with Crippen LogP contribution in [0.4, 0.5) is 4.39 Å². The number of hydrogen-bond donors (Lipinski definition) is 1. The van der Waals surface area contributed by atoms with E-state index >= 15 is 0 Å². The van der Waals surface area contributed by atoms with Crippen molar-refractivity contribution in [2.75, 3.05) is 6.54 Å². The molecular formula is C23H19FNO5-. The minimum atomic E-state index is -1.29. The number of aliphatic hydroxyl groups is 1. The van der Waals surface area contributed by atoms with E-state index in [2.05, 4.69) is 0 Å². The van der Waals surface area contributed by atoms with Gasteiger partial charge in [0, 0.05) is 18.1 Å². The summed E-state index contributed by atoms with van der Waals surface area (Å²) in [5.41, 5.74) is 0.536. The Morgan fingerprint density at radius 3 is 2.43 bits per heavy atom. The number of hydrogen-bond acceptors (Lipinski definition) is 5. The maximum Gasteiger partial charge on any atom is 0.290 e. The molecule has 2 aromatic rings. The predicted molar refractivity (Wildman–Crippen MR) is 105 cm³/mol. The second-order valence-corrected chi connectivity index (χ2v) is 6.77. The van der Waals surface area contributed by atoms with Gasteiger partial charge < -0.3 is 19.9 Å². The summed E-state index contributed by atoms with van der Waals surface area (Å²) in [4.78, 5) is 37.3. The third-order valence-electron chi connectivity index (χ3n) is 4.78. The van der Waals surface area contributed by atoms with Crippen LogP contribution in [0.25, 0.3) is 6.08 Å². The monoisotopic (exact) mass is 408 g/mol. The van der Waals surface area contributed by atoms with Crippen LogP contribution in [0.15, 0.2) is 72.0 Å².